The molecule has 134 valence electrons. The summed E-state index contributed by atoms with van der Waals surface area (Å²) in [7, 11) is 1.60. The number of carbonyl (C=O) groups excluding carboxylic acids is 1. The van der Waals surface area contributed by atoms with Gasteiger partial charge in [0.2, 0.25) is 5.91 Å². The number of rotatable bonds is 6. The number of amides is 1. The molecule has 0 aromatic carbocycles. The van der Waals surface area contributed by atoms with Gasteiger partial charge in [-0.15, -0.1) is 0 Å². The Labute approximate surface area is 141 Å². The zero-order valence-corrected chi connectivity index (χ0v) is 14.2. The Bertz CT molecular complexity index is 554. The molecule has 1 spiro atoms. The molecule has 3 rings (SSSR count). The first-order valence-electron chi connectivity index (χ1n) is 8.55. The minimum absolute atomic E-state index is 0.0373. The van der Waals surface area contributed by atoms with Crippen molar-refractivity contribution in [2.45, 2.75) is 38.8 Å². The van der Waals surface area contributed by atoms with Crippen LogP contribution in [0.1, 0.15) is 37.4 Å². The monoisotopic (exact) mass is 338 g/mol. The molecule has 1 amide bonds. The SMILES string of the molecule is COCc1nc(CN2CCC3(CCC(=O)N(CCO)C3)CC2)no1. The molecule has 2 fully saturated rings. The van der Waals surface area contributed by atoms with Crippen LogP contribution in [0.15, 0.2) is 4.52 Å². The highest BCUT2D eigenvalue weighted by Gasteiger charge is 2.40. The summed E-state index contributed by atoms with van der Waals surface area (Å²) < 4.78 is 10.1. The van der Waals surface area contributed by atoms with Crippen LogP contribution in [0.5, 0.6) is 0 Å². The number of methoxy groups -OCH3 is 1. The first-order chi connectivity index (χ1) is 11.6. The van der Waals surface area contributed by atoms with Gasteiger partial charge in [-0.05, 0) is 37.8 Å². The maximum absolute atomic E-state index is 11.9. The van der Waals surface area contributed by atoms with Crippen LogP contribution in [0.3, 0.4) is 0 Å². The number of likely N-dealkylation sites (tertiary alicyclic amines) is 2. The quantitative estimate of drug-likeness (QED) is 0.803. The fraction of sp³-hybridized carbons (Fsp3) is 0.812. The van der Waals surface area contributed by atoms with E-state index in [1.54, 1.807) is 7.11 Å². The normalized spacial score (nSPS) is 21.6. The van der Waals surface area contributed by atoms with Crippen LogP contribution >= 0.6 is 0 Å². The molecular weight excluding hydrogens is 312 g/mol. The van der Waals surface area contributed by atoms with Crippen molar-refractivity contribution < 1.29 is 19.2 Å². The second kappa shape index (κ2) is 7.58. The summed E-state index contributed by atoms with van der Waals surface area (Å²) in [6.07, 6.45) is 3.68. The third kappa shape index (κ3) is 3.93. The molecule has 24 heavy (non-hydrogen) atoms. The summed E-state index contributed by atoms with van der Waals surface area (Å²) in [6, 6.07) is 0. The molecule has 2 aliphatic heterocycles. The summed E-state index contributed by atoms with van der Waals surface area (Å²) in [5.74, 6) is 1.37. The van der Waals surface area contributed by atoms with Crippen molar-refractivity contribution in [2.75, 3.05) is 39.9 Å². The summed E-state index contributed by atoms with van der Waals surface area (Å²) in [4.78, 5) is 20.4. The molecule has 1 aromatic rings. The second-order valence-electron chi connectivity index (χ2n) is 6.85. The summed E-state index contributed by atoms with van der Waals surface area (Å²) in [5.41, 5.74) is 0.206. The van der Waals surface area contributed by atoms with E-state index in [1.807, 2.05) is 4.90 Å². The molecule has 2 aliphatic rings. The lowest BCUT2D eigenvalue weighted by Gasteiger charge is -2.47. The topological polar surface area (TPSA) is 91.9 Å². The number of aliphatic hydroxyl groups is 1. The molecule has 1 aromatic heterocycles. The Morgan fingerprint density at radius 2 is 2.12 bits per heavy atom. The number of aliphatic hydroxyl groups excluding tert-OH is 1. The average Bonchev–Trinajstić information content (AvgIpc) is 3.01. The fourth-order valence-electron chi connectivity index (χ4n) is 3.76. The summed E-state index contributed by atoms with van der Waals surface area (Å²) >= 11 is 0. The summed E-state index contributed by atoms with van der Waals surface area (Å²) in [6.45, 7) is 4.23. The molecule has 8 nitrogen and oxygen atoms in total. The predicted molar refractivity (Wildman–Crippen MR) is 84.9 cm³/mol. The first kappa shape index (κ1) is 17.3. The number of hydrogen-bond acceptors (Lipinski definition) is 7. The molecule has 3 heterocycles. The highest BCUT2D eigenvalue weighted by Crippen LogP contribution is 2.40. The van der Waals surface area contributed by atoms with E-state index in [-0.39, 0.29) is 17.9 Å². The van der Waals surface area contributed by atoms with E-state index in [0.29, 0.717) is 37.8 Å². The fourth-order valence-corrected chi connectivity index (χ4v) is 3.76. The Balaban J connectivity index is 1.52. The molecular formula is C16H26N4O4. The van der Waals surface area contributed by atoms with E-state index < -0.39 is 0 Å². The van der Waals surface area contributed by atoms with Crippen molar-refractivity contribution in [1.82, 2.24) is 19.9 Å². The molecule has 0 radical (unpaired) electrons. The van der Waals surface area contributed by atoms with Crippen molar-refractivity contribution in [2.24, 2.45) is 5.41 Å². The van der Waals surface area contributed by atoms with Gasteiger partial charge in [-0.2, -0.15) is 4.98 Å². The van der Waals surface area contributed by atoms with Gasteiger partial charge in [-0.3, -0.25) is 9.69 Å². The van der Waals surface area contributed by atoms with E-state index in [2.05, 4.69) is 15.0 Å². The van der Waals surface area contributed by atoms with Gasteiger partial charge in [0.05, 0.1) is 13.2 Å². The van der Waals surface area contributed by atoms with Gasteiger partial charge in [0.15, 0.2) is 5.82 Å². The van der Waals surface area contributed by atoms with Crippen LogP contribution in [0, 0.1) is 5.41 Å². The van der Waals surface area contributed by atoms with Crippen LogP contribution in [0.2, 0.25) is 0 Å². The Kier molecular flexibility index (Phi) is 5.47. The van der Waals surface area contributed by atoms with E-state index in [4.69, 9.17) is 14.4 Å². The predicted octanol–water partition coefficient (Wildman–Crippen LogP) is 0.413. The number of piperidine rings is 2. The van der Waals surface area contributed by atoms with Crippen LogP contribution < -0.4 is 0 Å². The van der Waals surface area contributed by atoms with Crippen LogP contribution in [0.4, 0.5) is 0 Å². The number of ether oxygens (including phenoxy) is 1. The van der Waals surface area contributed by atoms with Crippen LogP contribution in [0.25, 0.3) is 0 Å². The highest BCUT2D eigenvalue weighted by atomic mass is 16.5. The number of hydrogen-bond donors (Lipinski definition) is 1. The van der Waals surface area contributed by atoms with Gasteiger partial charge < -0.3 is 19.3 Å². The van der Waals surface area contributed by atoms with Gasteiger partial charge in [0, 0.05) is 26.6 Å². The number of β-amino-alcohol motifs (C(OH)–C–C–N with tert-alkyl or cyclic N) is 1. The smallest absolute Gasteiger partial charge is 0.252 e. The summed E-state index contributed by atoms with van der Waals surface area (Å²) in [5, 5.41) is 13.1. The lowest BCUT2D eigenvalue weighted by atomic mass is 9.72. The molecule has 1 N–H and O–H groups in total. The van der Waals surface area contributed by atoms with E-state index in [9.17, 15) is 4.79 Å². The molecule has 0 bridgehead atoms. The lowest BCUT2D eigenvalue weighted by Crippen LogP contribution is -2.51. The number of nitrogens with zero attached hydrogens (tertiary/aromatic N) is 4. The molecule has 0 saturated carbocycles. The third-order valence-corrected chi connectivity index (χ3v) is 5.18. The molecule has 0 unspecified atom stereocenters. The Morgan fingerprint density at radius 3 is 2.83 bits per heavy atom. The van der Waals surface area contributed by atoms with Crippen molar-refractivity contribution in [3.63, 3.8) is 0 Å². The molecule has 2 saturated heterocycles. The first-order valence-corrected chi connectivity index (χ1v) is 8.55. The van der Waals surface area contributed by atoms with E-state index in [0.717, 1.165) is 38.9 Å². The Morgan fingerprint density at radius 1 is 1.33 bits per heavy atom. The van der Waals surface area contributed by atoms with E-state index >= 15 is 0 Å². The van der Waals surface area contributed by atoms with Gasteiger partial charge in [-0.25, -0.2) is 0 Å². The van der Waals surface area contributed by atoms with Gasteiger partial charge in [0.25, 0.3) is 5.89 Å². The third-order valence-electron chi connectivity index (χ3n) is 5.18. The number of aromatic nitrogens is 2. The van der Waals surface area contributed by atoms with Crippen LogP contribution in [-0.2, 0) is 22.7 Å². The van der Waals surface area contributed by atoms with Crippen LogP contribution in [-0.4, -0.2) is 70.8 Å². The highest BCUT2D eigenvalue weighted by molar-refractivity contribution is 5.77. The van der Waals surface area contributed by atoms with Gasteiger partial charge in [0.1, 0.15) is 6.61 Å². The Hall–Kier alpha value is -1.51. The zero-order valence-electron chi connectivity index (χ0n) is 14.2. The van der Waals surface area contributed by atoms with Crippen molar-refractivity contribution in [3.8, 4) is 0 Å². The van der Waals surface area contributed by atoms with Crippen molar-refractivity contribution in [3.05, 3.63) is 11.7 Å². The van der Waals surface area contributed by atoms with Crippen molar-refractivity contribution >= 4 is 5.91 Å². The number of carbonyl (C=O) groups is 1. The second-order valence-corrected chi connectivity index (χ2v) is 6.85. The van der Waals surface area contributed by atoms with Gasteiger partial charge >= 0.3 is 0 Å². The minimum Gasteiger partial charge on any atom is -0.395 e. The van der Waals surface area contributed by atoms with Gasteiger partial charge in [-0.1, -0.05) is 5.16 Å². The maximum Gasteiger partial charge on any atom is 0.252 e. The minimum atomic E-state index is 0.0373. The lowest BCUT2D eigenvalue weighted by molar-refractivity contribution is -0.139. The largest absolute Gasteiger partial charge is 0.395 e. The molecule has 0 atom stereocenters. The molecule has 0 aliphatic carbocycles. The maximum atomic E-state index is 11.9. The zero-order chi connectivity index (χ0) is 17.0. The van der Waals surface area contributed by atoms with Crippen molar-refractivity contribution in [1.29, 1.82) is 0 Å². The van der Waals surface area contributed by atoms with E-state index in [1.165, 1.54) is 0 Å². The average molecular weight is 338 g/mol. The molecule has 8 heteroatoms. The standard InChI is InChI=1S/C16H26N4O4/c1-23-11-14-17-13(18-24-14)10-19-6-4-16(5-7-19)3-2-15(22)20(12-16)8-9-21/h21H,2-12H2,1H3.